The van der Waals surface area contributed by atoms with Crippen molar-refractivity contribution in [1.29, 1.82) is 0 Å². The number of ketones is 3. The van der Waals surface area contributed by atoms with Crippen molar-refractivity contribution in [3.63, 3.8) is 0 Å². The second-order valence-electron chi connectivity index (χ2n) is 4.97. The number of rotatable bonds is 3. The number of carbonyl (C=O) groups excluding carboxylic acids is 3. The number of Topliss-reactive ketones (excluding diaryl/α,β-unsaturated/α-hetero) is 3. The Balaban J connectivity index is 2.86. The van der Waals surface area contributed by atoms with Crippen LogP contribution in [0, 0.1) is 6.92 Å². The zero-order chi connectivity index (χ0) is 16.8. The Morgan fingerprint density at radius 3 is 2.09 bits per heavy atom. The number of methoxy groups -OCH3 is 1. The minimum absolute atomic E-state index is 0.0572. The van der Waals surface area contributed by atoms with Gasteiger partial charge in [0.15, 0.2) is 0 Å². The number of hydrogen-bond donors (Lipinski definition) is 3. The van der Waals surface area contributed by atoms with Gasteiger partial charge in [0.25, 0.3) is 0 Å². The predicted molar refractivity (Wildman–Crippen MR) is 74.2 cm³/mol. The molecule has 1 aliphatic rings. The summed E-state index contributed by atoms with van der Waals surface area (Å²) < 4.78 is 4.69. The normalized spacial score (nSPS) is 14.1. The van der Waals surface area contributed by atoms with Gasteiger partial charge in [0.05, 0.1) is 18.2 Å². The van der Waals surface area contributed by atoms with E-state index < -0.39 is 45.7 Å². The molecule has 7 nitrogen and oxygen atoms in total. The van der Waals surface area contributed by atoms with E-state index in [1.807, 2.05) is 0 Å². The highest BCUT2D eigenvalue weighted by Gasteiger charge is 2.39. The second kappa shape index (κ2) is 5.18. The van der Waals surface area contributed by atoms with Crippen molar-refractivity contribution in [2.45, 2.75) is 20.3 Å². The summed E-state index contributed by atoms with van der Waals surface area (Å²) in [6, 6.07) is 0. The van der Waals surface area contributed by atoms with Gasteiger partial charge in [0, 0.05) is 12.0 Å². The van der Waals surface area contributed by atoms with Crippen LogP contribution in [0.4, 0.5) is 0 Å². The first-order valence-electron chi connectivity index (χ1n) is 6.35. The van der Waals surface area contributed by atoms with E-state index in [9.17, 15) is 29.7 Å². The van der Waals surface area contributed by atoms with Crippen molar-refractivity contribution in [2.75, 3.05) is 7.11 Å². The fourth-order valence-corrected chi connectivity index (χ4v) is 2.44. The van der Waals surface area contributed by atoms with E-state index in [-0.39, 0.29) is 23.3 Å². The molecule has 0 amide bonds. The van der Waals surface area contributed by atoms with Crippen LogP contribution in [-0.4, -0.2) is 39.8 Å². The Morgan fingerprint density at radius 2 is 1.59 bits per heavy atom. The Labute approximate surface area is 125 Å². The Kier molecular flexibility index (Phi) is 3.66. The molecule has 0 spiro atoms. The smallest absolute Gasteiger partial charge is 0.236 e. The molecule has 0 radical (unpaired) electrons. The van der Waals surface area contributed by atoms with Gasteiger partial charge in [-0.2, -0.15) is 0 Å². The van der Waals surface area contributed by atoms with Gasteiger partial charge >= 0.3 is 0 Å². The third-order valence-corrected chi connectivity index (χ3v) is 3.54. The second-order valence-corrected chi connectivity index (χ2v) is 4.97. The summed E-state index contributed by atoms with van der Waals surface area (Å²) in [5.41, 5.74) is -0.812. The molecule has 3 N–H and O–H groups in total. The quantitative estimate of drug-likeness (QED) is 0.720. The van der Waals surface area contributed by atoms with E-state index in [0.29, 0.717) is 0 Å². The van der Waals surface area contributed by atoms with Crippen LogP contribution in [-0.2, 0) is 16.0 Å². The molecule has 0 atom stereocenters. The Bertz CT molecular complexity index is 756. The summed E-state index contributed by atoms with van der Waals surface area (Å²) >= 11 is 0. The lowest BCUT2D eigenvalue weighted by Gasteiger charge is -2.22. The van der Waals surface area contributed by atoms with Gasteiger partial charge in [0.2, 0.25) is 23.1 Å². The van der Waals surface area contributed by atoms with Crippen LogP contribution in [0.15, 0.2) is 11.5 Å². The molecule has 0 fully saturated rings. The first-order chi connectivity index (χ1) is 10.2. The van der Waals surface area contributed by atoms with Gasteiger partial charge in [-0.15, -0.1) is 0 Å². The van der Waals surface area contributed by atoms with E-state index >= 15 is 0 Å². The van der Waals surface area contributed by atoms with E-state index in [1.165, 1.54) is 13.8 Å². The highest BCUT2D eigenvalue weighted by Crippen LogP contribution is 2.42. The topological polar surface area (TPSA) is 121 Å². The van der Waals surface area contributed by atoms with Crippen molar-refractivity contribution >= 4 is 17.3 Å². The third kappa shape index (κ3) is 2.02. The summed E-state index contributed by atoms with van der Waals surface area (Å²) in [6.45, 7) is 2.69. The summed E-state index contributed by atoms with van der Waals surface area (Å²) in [5.74, 6) is -4.94. The minimum Gasteiger partial charge on any atom is -0.507 e. The zero-order valence-electron chi connectivity index (χ0n) is 12.2. The van der Waals surface area contributed by atoms with Gasteiger partial charge in [0.1, 0.15) is 17.3 Å². The van der Waals surface area contributed by atoms with E-state index in [1.54, 1.807) is 0 Å². The van der Waals surface area contributed by atoms with Crippen molar-refractivity contribution in [3.05, 3.63) is 33.8 Å². The molecule has 0 aromatic heterocycles. The average molecular weight is 306 g/mol. The minimum atomic E-state index is -1.03. The molecule has 0 aliphatic heterocycles. The number of phenolic OH excluding ortho intramolecular Hbond substituents is 2. The summed E-state index contributed by atoms with van der Waals surface area (Å²) in [7, 11) is 1.09. The molecule has 0 heterocycles. The van der Waals surface area contributed by atoms with Crippen molar-refractivity contribution < 1.29 is 34.4 Å². The summed E-state index contributed by atoms with van der Waals surface area (Å²) in [4.78, 5) is 35.7. The van der Waals surface area contributed by atoms with E-state index in [0.717, 1.165) is 7.11 Å². The van der Waals surface area contributed by atoms with E-state index in [2.05, 4.69) is 4.74 Å². The number of allylic oxidation sites excluding steroid dienone is 2. The monoisotopic (exact) mass is 306 g/mol. The predicted octanol–water partition coefficient (Wildman–Crippen LogP) is 1.33. The SMILES string of the molecule is COC1=C(O)C(=O)c2c(O)c(C)c(CC(C)=O)c(O)c2C1=O. The molecular weight excluding hydrogens is 292 g/mol. The first kappa shape index (κ1) is 15.6. The number of ether oxygens (including phenoxy) is 1. The molecule has 22 heavy (non-hydrogen) atoms. The maximum Gasteiger partial charge on any atom is 0.236 e. The molecule has 0 bridgehead atoms. The number of aliphatic hydroxyl groups excluding tert-OH is 1. The lowest BCUT2D eigenvalue weighted by Crippen LogP contribution is -2.24. The van der Waals surface area contributed by atoms with Crippen LogP contribution in [0.3, 0.4) is 0 Å². The van der Waals surface area contributed by atoms with Crippen LogP contribution in [0.5, 0.6) is 11.5 Å². The van der Waals surface area contributed by atoms with Gasteiger partial charge < -0.3 is 20.1 Å². The van der Waals surface area contributed by atoms with E-state index in [4.69, 9.17) is 0 Å². The molecule has 116 valence electrons. The highest BCUT2D eigenvalue weighted by molar-refractivity contribution is 6.27. The molecule has 1 aromatic rings. The molecule has 1 aliphatic carbocycles. The fourth-order valence-electron chi connectivity index (χ4n) is 2.44. The maximum atomic E-state index is 12.3. The van der Waals surface area contributed by atoms with Gasteiger partial charge in [-0.3, -0.25) is 14.4 Å². The molecule has 1 aromatic carbocycles. The lowest BCUT2D eigenvalue weighted by molar-refractivity contribution is -0.116. The Morgan fingerprint density at radius 1 is 1.05 bits per heavy atom. The number of benzene rings is 1. The molecule has 2 rings (SSSR count). The molecular formula is C15H14O7. The van der Waals surface area contributed by atoms with Crippen LogP contribution < -0.4 is 0 Å². The number of carbonyl (C=O) groups is 3. The van der Waals surface area contributed by atoms with Gasteiger partial charge in [-0.25, -0.2) is 0 Å². The largest absolute Gasteiger partial charge is 0.507 e. The van der Waals surface area contributed by atoms with Crippen LogP contribution in [0.1, 0.15) is 38.8 Å². The standard InChI is InChI=1S/C15H14O7/c1-5(16)4-7-6(2)10(17)8-9(11(7)18)13(20)15(22-3)14(21)12(8)19/h17-18,21H,4H2,1-3H3. The number of phenols is 2. The lowest BCUT2D eigenvalue weighted by atomic mass is 9.85. The van der Waals surface area contributed by atoms with Gasteiger partial charge in [-0.05, 0) is 19.4 Å². The number of aliphatic hydroxyl groups is 1. The van der Waals surface area contributed by atoms with Crippen LogP contribution in [0.25, 0.3) is 0 Å². The van der Waals surface area contributed by atoms with Crippen LogP contribution in [0.2, 0.25) is 0 Å². The first-order valence-corrected chi connectivity index (χ1v) is 6.35. The van der Waals surface area contributed by atoms with Crippen LogP contribution >= 0.6 is 0 Å². The van der Waals surface area contributed by atoms with Gasteiger partial charge in [-0.1, -0.05) is 0 Å². The summed E-state index contributed by atoms with van der Waals surface area (Å²) in [6.07, 6.45) is -0.210. The van der Waals surface area contributed by atoms with Crippen molar-refractivity contribution in [2.24, 2.45) is 0 Å². The van der Waals surface area contributed by atoms with Crippen molar-refractivity contribution in [3.8, 4) is 11.5 Å². The third-order valence-electron chi connectivity index (χ3n) is 3.54. The fraction of sp³-hybridized carbons (Fsp3) is 0.267. The maximum absolute atomic E-state index is 12.3. The zero-order valence-corrected chi connectivity index (χ0v) is 12.2. The average Bonchev–Trinajstić information content (AvgIpc) is 2.45. The number of hydrogen-bond acceptors (Lipinski definition) is 7. The Hall–Kier alpha value is -2.83. The molecule has 7 heteroatoms. The molecule has 0 saturated heterocycles. The summed E-state index contributed by atoms with van der Waals surface area (Å²) in [5, 5.41) is 30.1. The number of fused-ring (bicyclic) bond motifs is 1. The molecule has 0 saturated carbocycles. The molecule has 0 unspecified atom stereocenters. The van der Waals surface area contributed by atoms with Crippen molar-refractivity contribution in [1.82, 2.24) is 0 Å². The number of aromatic hydroxyl groups is 2. The highest BCUT2D eigenvalue weighted by atomic mass is 16.5.